The van der Waals surface area contributed by atoms with Crippen molar-refractivity contribution < 1.29 is 14.9 Å². The number of nitrogens with one attached hydrogen (secondary N) is 2. The topological polar surface area (TPSA) is 137 Å². The zero-order chi connectivity index (χ0) is 14.0. The van der Waals surface area contributed by atoms with Gasteiger partial charge < -0.3 is 30.9 Å². The first-order valence-corrected chi connectivity index (χ1v) is 6.38. The Labute approximate surface area is 116 Å². The molecule has 106 valence electrons. The SMILES string of the molecule is Nc1nc2c(c(=O)[nH]1)NC(Br)N2COC(CO)CO. The van der Waals surface area contributed by atoms with E-state index in [-0.39, 0.29) is 37.1 Å². The summed E-state index contributed by atoms with van der Waals surface area (Å²) in [4.78, 5) is 19.7. The van der Waals surface area contributed by atoms with Crippen LogP contribution in [0.1, 0.15) is 0 Å². The average Bonchev–Trinajstić information content (AvgIpc) is 2.68. The molecule has 19 heavy (non-hydrogen) atoms. The first-order valence-electron chi connectivity index (χ1n) is 5.47. The standard InChI is InChI=1S/C9H14BrN5O4/c10-8-12-5-6(13-9(11)14-7(5)18)15(8)3-19-4(1-16)2-17/h4,8,12,16-17H,1-3H2,(H3,11,13,14,18). The second-order valence-corrected chi connectivity index (χ2v) is 4.75. The van der Waals surface area contributed by atoms with Crippen LogP contribution in [-0.2, 0) is 4.74 Å². The van der Waals surface area contributed by atoms with Gasteiger partial charge >= 0.3 is 0 Å². The van der Waals surface area contributed by atoms with Crippen LogP contribution < -0.4 is 21.5 Å². The third-order valence-electron chi connectivity index (χ3n) is 2.58. The molecule has 9 nitrogen and oxygen atoms in total. The molecule has 6 N–H and O–H groups in total. The summed E-state index contributed by atoms with van der Waals surface area (Å²) in [5.41, 5.74) is 5.39. The fourth-order valence-corrected chi connectivity index (χ4v) is 2.14. The number of aromatic amines is 1. The zero-order valence-electron chi connectivity index (χ0n) is 9.84. The smallest absolute Gasteiger partial charge is 0.277 e. The molecule has 1 unspecified atom stereocenters. The summed E-state index contributed by atoms with van der Waals surface area (Å²) >= 11 is 3.31. The second kappa shape index (κ2) is 5.74. The lowest BCUT2D eigenvalue weighted by Crippen LogP contribution is -2.36. The Hall–Kier alpha value is -1.36. The highest BCUT2D eigenvalue weighted by Crippen LogP contribution is 2.31. The molecule has 2 rings (SSSR count). The third kappa shape index (κ3) is 2.81. The molecule has 1 aromatic rings. The fraction of sp³-hybridized carbons (Fsp3) is 0.556. The van der Waals surface area contributed by atoms with E-state index in [1.54, 1.807) is 4.90 Å². The Balaban J connectivity index is 2.18. The van der Waals surface area contributed by atoms with Gasteiger partial charge in [-0.1, -0.05) is 0 Å². The van der Waals surface area contributed by atoms with E-state index in [0.717, 1.165) is 0 Å². The summed E-state index contributed by atoms with van der Waals surface area (Å²) in [5.74, 6) is 0.343. The van der Waals surface area contributed by atoms with E-state index in [4.69, 9.17) is 20.7 Å². The molecule has 0 fully saturated rings. The number of aliphatic hydroxyl groups is 2. The first-order chi connectivity index (χ1) is 9.06. The Morgan fingerprint density at radius 1 is 1.53 bits per heavy atom. The number of nitrogens with zero attached hydrogens (tertiary/aromatic N) is 2. The van der Waals surface area contributed by atoms with E-state index in [0.29, 0.717) is 5.82 Å². The van der Waals surface area contributed by atoms with Crippen LogP contribution in [0.15, 0.2) is 4.79 Å². The van der Waals surface area contributed by atoms with Crippen LogP contribution in [0, 0.1) is 0 Å². The molecule has 1 aliphatic rings. The number of ether oxygens (including phenoxy) is 1. The molecule has 0 spiro atoms. The number of H-pyrrole nitrogens is 1. The van der Waals surface area contributed by atoms with Crippen LogP contribution in [0.3, 0.4) is 0 Å². The predicted octanol–water partition coefficient (Wildman–Crippen LogP) is -1.41. The minimum Gasteiger partial charge on any atom is -0.394 e. The molecule has 0 saturated heterocycles. The number of halogens is 1. The van der Waals surface area contributed by atoms with Crippen LogP contribution >= 0.6 is 15.9 Å². The van der Waals surface area contributed by atoms with Crippen LogP contribution in [0.5, 0.6) is 0 Å². The molecule has 0 radical (unpaired) electrons. The van der Waals surface area contributed by atoms with Crippen LogP contribution in [0.2, 0.25) is 0 Å². The van der Waals surface area contributed by atoms with Crippen molar-refractivity contribution in [2.75, 3.05) is 35.9 Å². The normalized spacial score (nSPS) is 17.7. The maximum atomic E-state index is 11.7. The van der Waals surface area contributed by atoms with Gasteiger partial charge in [0.1, 0.15) is 18.5 Å². The molecule has 1 aliphatic heterocycles. The molecule has 1 aromatic heterocycles. The lowest BCUT2D eigenvalue weighted by molar-refractivity contribution is -0.0190. The van der Waals surface area contributed by atoms with Gasteiger partial charge in [-0.25, -0.2) is 0 Å². The molecule has 0 amide bonds. The van der Waals surface area contributed by atoms with Crippen molar-refractivity contribution in [1.29, 1.82) is 0 Å². The summed E-state index contributed by atoms with van der Waals surface area (Å²) in [7, 11) is 0. The van der Waals surface area contributed by atoms with Crippen molar-refractivity contribution in [3.05, 3.63) is 10.4 Å². The number of anilines is 3. The molecule has 0 bridgehead atoms. The van der Waals surface area contributed by atoms with Gasteiger partial charge in [0.05, 0.1) is 13.2 Å². The maximum absolute atomic E-state index is 11.7. The van der Waals surface area contributed by atoms with Gasteiger partial charge in [-0.2, -0.15) is 4.98 Å². The highest BCUT2D eigenvalue weighted by Gasteiger charge is 2.31. The largest absolute Gasteiger partial charge is 0.394 e. The zero-order valence-corrected chi connectivity index (χ0v) is 11.4. The highest BCUT2D eigenvalue weighted by molar-refractivity contribution is 9.09. The maximum Gasteiger partial charge on any atom is 0.277 e. The quantitative estimate of drug-likeness (QED) is 0.327. The molecule has 1 atom stereocenters. The van der Waals surface area contributed by atoms with Gasteiger partial charge in [0.25, 0.3) is 5.56 Å². The summed E-state index contributed by atoms with van der Waals surface area (Å²) in [6, 6.07) is 0. The van der Waals surface area contributed by atoms with Crippen LogP contribution in [0.4, 0.5) is 17.5 Å². The van der Waals surface area contributed by atoms with Gasteiger partial charge in [-0.15, -0.1) is 0 Å². The molecule has 0 saturated carbocycles. The van der Waals surface area contributed by atoms with E-state index in [1.807, 2.05) is 0 Å². The van der Waals surface area contributed by atoms with Gasteiger partial charge in [-0.05, 0) is 15.9 Å². The molecule has 2 heterocycles. The molecule has 0 aromatic carbocycles. The van der Waals surface area contributed by atoms with Crippen molar-refractivity contribution in [3.8, 4) is 0 Å². The fourth-order valence-electron chi connectivity index (χ4n) is 1.60. The number of rotatable bonds is 5. The second-order valence-electron chi connectivity index (χ2n) is 3.88. The molecular weight excluding hydrogens is 322 g/mol. The lowest BCUT2D eigenvalue weighted by Gasteiger charge is -2.23. The van der Waals surface area contributed by atoms with Crippen molar-refractivity contribution >= 4 is 33.4 Å². The summed E-state index contributed by atoms with van der Waals surface area (Å²) in [6.07, 6.45) is -0.692. The van der Waals surface area contributed by atoms with Gasteiger partial charge in [0.15, 0.2) is 10.9 Å². The number of alkyl halides is 1. The van der Waals surface area contributed by atoms with Crippen molar-refractivity contribution in [3.63, 3.8) is 0 Å². The molecule has 10 heteroatoms. The molecule has 0 aliphatic carbocycles. The number of nitrogen functional groups attached to an aromatic ring is 1. The summed E-state index contributed by atoms with van der Waals surface area (Å²) in [5, 5.41) is 20.3. The summed E-state index contributed by atoms with van der Waals surface area (Å²) in [6.45, 7) is -0.581. The van der Waals surface area contributed by atoms with Crippen molar-refractivity contribution in [2.45, 2.75) is 11.2 Å². The minimum atomic E-state index is -0.692. The average molecular weight is 336 g/mol. The minimum absolute atomic E-state index is 0.00184. The lowest BCUT2D eigenvalue weighted by atomic mass is 10.4. The number of aromatic nitrogens is 2. The Kier molecular flexibility index (Phi) is 4.24. The van der Waals surface area contributed by atoms with Crippen molar-refractivity contribution in [2.24, 2.45) is 0 Å². The predicted molar refractivity (Wildman–Crippen MR) is 72.0 cm³/mol. The van der Waals surface area contributed by atoms with E-state index in [1.165, 1.54) is 0 Å². The Morgan fingerprint density at radius 3 is 2.84 bits per heavy atom. The van der Waals surface area contributed by atoms with E-state index in [2.05, 4.69) is 31.2 Å². The van der Waals surface area contributed by atoms with Crippen molar-refractivity contribution in [1.82, 2.24) is 9.97 Å². The summed E-state index contributed by atoms with van der Waals surface area (Å²) < 4.78 is 5.29. The van der Waals surface area contributed by atoms with Gasteiger partial charge in [0, 0.05) is 0 Å². The van der Waals surface area contributed by atoms with Crippen LogP contribution in [-0.4, -0.2) is 51.3 Å². The number of aliphatic hydroxyl groups excluding tert-OH is 2. The number of fused-ring (bicyclic) bond motifs is 1. The van der Waals surface area contributed by atoms with E-state index < -0.39 is 11.2 Å². The van der Waals surface area contributed by atoms with Gasteiger partial charge in [0.2, 0.25) is 5.95 Å². The number of hydrogen-bond donors (Lipinski definition) is 5. The molecular formula is C9H14BrN5O4. The number of hydrogen-bond acceptors (Lipinski definition) is 8. The number of nitrogens with two attached hydrogens (primary N) is 1. The monoisotopic (exact) mass is 335 g/mol. The van der Waals surface area contributed by atoms with E-state index >= 15 is 0 Å². The van der Waals surface area contributed by atoms with Gasteiger partial charge in [-0.3, -0.25) is 9.78 Å². The van der Waals surface area contributed by atoms with E-state index in [9.17, 15) is 4.79 Å². The first kappa shape index (κ1) is 14.1. The Bertz CT molecular complexity index is 506. The Morgan fingerprint density at radius 2 is 2.21 bits per heavy atom. The highest BCUT2D eigenvalue weighted by atomic mass is 79.9. The van der Waals surface area contributed by atoms with Crippen LogP contribution in [0.25, 0.3) is 0 Å². The third-order valence-corrected chi connectivity index (χ3v) is 3.31.